The maximum absolute atomic E-state index is 14.6. The lowest BCUT2D eigenvalue weighted by atomic mass is 9.91. The van der Waals surface area contributed by atoms with Crippen molar-refractivity contribution in [3.05, 3.63) is 65.7 Å². The van der Waals surface area contributed by atoms with Crippen LogP contribution in [0.2, 0.25) is 0 Å². The van der Waals surface area contributed by atoms with Crippen molar-refractivity contribution in [2.75, 3.05) is 6.54 Å². The van der Waals surface area contributed by atoms with Crippen LogP contribution in [-0.4, -0.2) is 110 Å². The van der Waals surface area contributed by atoms with E-state index in [-0.39, 0.29) is 18.6 Å². The number of carboxylic acids is 1. The van der Waals surface area contributed by atoms with E-state index in [1.165, 1.54) is 12.1 Å². The zero-order valence-corrected chi connectivity index (χ0v) is 36.7. The molecule has 18 nitrogen and oxygen atoms in total. The minimum absolute atomic E-state index is 0.0243. The molecule has 7 atom stereocenters. The van der Waals surface area contributed by atoms with Gasteiger partial charge in [0.25, 0.3) is 0 Å². The van der Waals surface area contributed by atoms with E-state index in [4.69, 9.17) is 11.5 Å². The summed E-state index contributed by atoms with van der Waals surface area (Å²) in [6.07, 6.45) is 0.446. The van der Waals surface area contributed by atoms with Crippen LogP contribution in [0.5, 0.6) is 5.75 Å². The average molecular weight is 887 g/mol. The number of unbranched alkanes of at least 4 members (excludes halogenated alkanes) is 1. The molecule has 1 heterocycles. The topological polar surface area (TPSA) is 301 Å². The molecule has 0 spiro atoms. The Labute approximate surface area is 363 Å². The number of phenols is 1. The number of carboxylic acid groups (broad SMARTS) is 1. The van der Waals surface area contributed by atoms with E-state index in [1.54, 1.807) is 77.1 Å². The summed E-state index contributed by atoms with van der Waals surface area (Å²) in [6.45, 7) is 9.58. The normalized spacial score (nSPS) is 22.0. The van der Waals surface area contributed by atoms with Gasteiger partial charge in [-0.2, -0.15) is 0 Å². The number of carbonyl (C=O) groups excluding carboxylic acids is 7. The molecule has 1 unspecified atom stereocenters. The van der Waals surface area contributed by atoms with Crippen molar-refractivity contribution in [2.45, 2.75) is 125 Å². The first-order chi connectivity index (χ1) is 28.6. The van der Waals surface area contributed by atoms with Crippen LogP contribution in [0.1, 0.15) is 84.3 Å². The molecular formula is C41H58N8O10S2. The highest BCUT2D eigenvalue weighted by atomic mass is 33.1. The summed E-state index contributed by atoms with van der Waals surface area (Å²) < 4.78 is -2.55. The highest BCUT2D eigenvalue weighted by molar-refractivity contribution is 8.77. The second-order valence-electron chi connectivity index (χ2n) is 16.0. The van der Waals surface area contributed by atoms with Gasteiger partial charge in [0.15, 0.2) is 0 Å². The van der Waals surface area contributed by atoms with Crippen molar-refractivity contribution in [1.29, 1.82) is 0 Å². The number of hydrogen-bond donors (Lipinski definition) is 10. The number of nitrogens with two attached hydrogens (primary N) is 2. The van der Waals surface area contributed by atoms with E-state index in [9.17, 15) is 48.6 Å². The van der Waals surface area contributed by atoms with Crippen molar-refractivity contribution in [2.24, 2.45) is 11.5 Å². The zero-order chi connectivity index (χ0) is 45.7. The Balaban J connectivity index is 2.14. The van der Waals surface area contributed by atoms with Gasteiger partial charge in [-0.1, -0.05) is 90.7 Å². The summed E-state index contributed by atoms with van der Waals surface area (Å²) in [4.78, 5) is 108. The molecule has 1 aliphatic heterocycles. The standard InChI is InChI=1S/C41H58N8O10S2/c1-7-8-14-27(35(55)44-21-29(43)51)45-38(58)32-40(3,4)60-61-41(5,6)33(48-34(54)26(42)19-23-15-17-25(50)18-16-23)39(59)47-31(22(2)24-12-10-9-11-13-24)37(57)46-28(20-30(52)53)36(56)49-32/h9-13,15-18,22,26-28,31-33,50H,7-8,14,19-21,42H2,1-6H3,(H2,43,51)(H,44,55)(H,45,58)(H,46,57)(H,47,59)(H,48,54)(H,49,56)(H,52,53)/t22-,26+,27+,28+,31+,32?,33+/m1/s1. The number of hydrogen-bond acceptors (Lipinski definition) is 12. The van der Waals surface area contributed by atoms with Gasteiger partial charge in [0.2, 0.25) is 41.4 Å². The summed E-state index contributed by atoms with van der Waals surface area (Å²) in [6, 6.07) is 6.39. The van der Waals surface area contributed by atoms with Crippen LogP contribution >= 0.6 is 21.6 Å². The molecule has 0 saturated carbocycles. The number of aliphatic carboxylic acids is 1. The molecule has 61 heavy (non-hydrogen) atoms. The van der Waals surface area contributed by atoms with Gasteiger partial charge in [0.05, 0.1) is 19.0 Å². The molecule has 0 aromatic heterocycles. The number of nitrogens with one attached hydrogen (secondary N) is 6. The molecule has 20 heteroatoms. The molecule has 1 fully saturated rings. The first-order valence-corrected chi connectivity index (χ1v) is 22.0. The maximum Gasteiger partial charge on any atom is 0.305 e. The summed E-state index contributed by atoms with van der Waals surface area (Å²) >= 11 is 0. The van der Waals surface area contributed by atoms with E-state index < -0.39 is 112 Å². The first kappa shape index (κ1) is 50.0. The van der Waals surface area contributed by atoms with Crippen LogP contribution in [0.4, 0.5) is 0 Å². The number of primary amides is 1. The second-order valence-corrected chi connectivity index (χ2v) is 19.4. The van der Waals surface area contributed by atoms with E-state index in [2.05, 4.69) is 31.9 Å². The van der Waals surface area contributed by atoms with E-state index in [0.717, 1.165) is 21.6 Å². The largest absolute Gasteiger partial charge is 0.508 e. The van der Waals surface area contributed by atoms with Crippen molar-refractivity contribution < 1.29 is 48.6 Å². The Morgan fingerprint density at radius 1 is 0.852 bits per heavy atom. The first-order valence-electron chi connectivity index (χ1n) is 19.8. The van der Waals surface area contributed by atoms with Crippen LogP contribution in [-0.2, 0) is 44.8 Å². The van der Waals surface area contributed by atoms with E-state index >= 15 is 0 Å². The fourth-order valence-corrected chi connectivity index (χ4v) is 9.19. The summed E-state index contributed by atoms with van der Waals surface area (Å²) in [5, 5.41) is 35.3. The third kappa shape index (κ3) is 15.0. The third-order valence-corrected chi connectivity index (χ3v) is 14.3. The molecule has 1 saturated heterocycles. The molecule has 3 rings (SSSR count). The average Bonchev–Trinajstić information content (AvgIpc) is 3.20. The predicted octanol–water partition coefficient (Wildman–Crippen LogP) is 0.708. The molecule has 334 valence electrons. The Kier molecular flexibility index (Phi) is 18.4. The minimum Gasteiger partial charge on any atom is -0.508 e. The quantitative estimate of drug-likeness (QED) is 0.104. The molecule has 2 aromatic rings. The number of amides is 7. The van der Waals surface area contributed by atoms with Crippen LogP contribution in [0.15, 0.2) is 54.6 Å². The molecule has 2 aromatic carbocycles. The predicted molar refractivity (Wildman–Crippen MR) is 232 cm³/mol. The number of rotatable bonds is 16. The van der Waals surface area contributed by atoms with Gasteiger partial charge in [-0.15, -0.1) is 0 Å². The van der Waals surface area contributed by atoms with Crippen LogP contribution in [0, 0.1) is 0 Å². The maximum atomic E-state index is 14.6. The Morgan fingerprint density at radius 3 is 2.07 bits per heavy atom. The fraction of sp³-hybridized carbons (Fsp3) is 0.512. The molecule has 0 aliphatic carbocycles. The number of aromatic hydroxyl groups is 1. The fourth-order valence-electron chi connectivity index (χ4n) is 6.37. The summed E-state index contributed by atoms with van der Waals surface area (Å²) in [7, 11) is 2.16. The molecule has 0 radical (unpaired) electrons. The van der Waals surface area contributed by atoms with Gasteiger partial charge < -0.3 is 53.6 Å². The summed E-state index contributed by atoms with van der Waals surface area (Å²) in [5.41, 5.74) is 12.8. The monoisotopic (exact) mass is 886 g/mol. The lowest BCUT2D eigenvalue weighted by Crippen LogP contribution is -2.65. The molecule has 12 N–H and O–H groups in total. The molecule has 1 aliphatic rings. The highest BCUT2D eigenvalue weighted by Gasteiger charge is 2.46. The van der Waals surface area contributed by atoms with E-state index in [0.29, 0.717) is 24.0 Å². The van der Waals surface area contributed by atoms with Gasteiger partial charge in [-0.3, -0.25) is 38.4 Å². The van der Waals surface area contributed by atoms with Gasteiger partial charge in [-0.25, -0.2) is 0 Å². The van der Waals surface area contributed by atoms with Crippen LogP contribution in [0.25, 0.3) is 0 Å². The van der Waals surface area contributed by atoms with Gasteiger partial charge in [0, 0.05) is 15.4 Å². The number of carbonyl (C=O) groups is 8. The smallest absolute Gasteiger partial charge is 0.305 e. The van der Waals surface area contributed by atoms with Gasteiger partial charge in [0.1, 0.15) is 36.0 Å². The molecule has 7 amide bonds. The summed E-state index contributed by atoms with van der Waals surface area (Å²) in [5.74, 6) is -8.00. The lowest BCUT2D eigenvalue weighted by molar-refractivity contribution is -0.141. The molecular weight excluding hydrogens is 829 g/mol. The zero-order valence-electron chi connectivity index (χ0n) is 35.1. The Hall–Kier alpha value is -5.34. The van der Waals surface area contributed by atoms with Crippen molar-refractivity contribution in [3.8, 4) is 5.75 Å². The third-order valence-electron chi connectivity index (χ3n) is 10.0. The van der Waals surface area contributed by atoms with Crippen LogP contribution in [0.3, 0.4) is 0 Å². The van der Waals surface area contributed by atoms with Crippen molar-refractivity contribution in [3.63, 3.8) is 0 Å². The van der Waals surface area contributed by atoms with Crippen LogP contribution < -0.4 is 43.4 Å². The van der Waals surface area contributed by atoms with Gasteiger partial charge in [-0.05, 0) is 63.8 Å². The SMILES string of the molecule is CCCC[C@H](NC(=O)C1NC(=O)[C@H](CC(=O)O)NC(=O)[C@H]([C@H](C)c2ccccc2)NC(=O)[C@H](NC(=O)[C@@H](N)Cc2ccc(O)cc2)C(C)(C)SSC1(C)C)C(=O)NCC(N)=O. The second kappa shape index (κ2) is 22.5. The van der Waals surface area contributed by atoms with Crippen molar-refractivity contribution in [1.82, 2.24) is 31.9 Å². The number of benzene rings is 2. The molecule has 0 bridgehead atoms. The lowest BCUT2D eigenvalue weighted by Gasteiger charge is -2.40. The minimum atomic E-state index is -1.75. The highest BCUT2D eigenvalue weighted by Crippen LogP contribution is 2.47. The number of phenolic OH excluding ortho intramolecular Hbond substituents is 1. The van der Waals surface area contributed by atoms with Gasteiger partial charge >= 0.3 is 5.97 Å². The Morgan fingerprint density at radius 2 is 1.48 bits per heavy atom. The van der Waals surface area contributed by atoms with Crippen molar-refractivity contribution >= 4 is 68.9 Å². The Bertz CT molecular complexity index is 1900. The van der Waals surface area contributed by atoms with E-state index in [1.807, 2.05) is 6.92 Å².